The van der Waals surface area contributed by atoms with Crippen molar-refractivity contribution in [3.05, 3.63) is 102 Å². The van der Waals surface area contributed by atoms with Gasteiger partial charge in [-0.25, -0.2) is 17.9 Å². The maximum atomic E-state index is 13.1. The van der Waals surface area contributed by atoms with Crippen molar-refractivity contribution in [1.29, 1.82) is 0 Å². The third kappa shape index (κ3) is 8.15. The van der Waals surface area contributed by atoms with Crippen LogP contribution >= 0.6 is 0 Å². The number of nitrogens with zero attached hydrogens (tertiary/aromatic N) is 3. The zero-order valence-electron chi connectivity index (χ0n) is 25.2. The Morgan fingerprint density at radius 3 is 2.31 bits per heavy atom. The Bertz CT molecular complexity index is 1730. The van der Waals surface area contributed by atoms with Crippen LogP contribution in [0.2, 0.25) is 0 Å². The summed E-state index contributed by atoms with van der Waals surface area (Å²) in [5.41, 5.74) is 3.64. The van der Waals surface area contributed by atoms with E-state index in [1.54, 1.807) is 21.9 Å². The third-order valence-corrected chi connectivity index (χ3v) is 9.06. The van der Waals surface area contributed by atoms with Gasteiger partial charge in [0.2, 0.25) is 10.0 Å². The first kappa shape index (κ1) is 31.9. The average Bonchev–Trinajstić information content (AvgIpc) is 3.06. The molecule has 0 spiro atoms. The lowest BCUT2D eigenvalue weighted by molar-refractivity contribution is -0.147. The van der Waals surface area contributed by atoms with Crippen LogP contribution < -0.4 is 9.46 Å². The molecule has 0 radical (unpaired) electrons. The fraction of sp³-hybridized carbons (Fsp3) is 0.303. The number of aromatic nitrogens is 1. The number of carbonyl (C=O) groups excluding carboxylic acids is 2. The van der Waals surface area contributed by atoms with Crippen molar-refractivity contribution < 1.29 is 32.2 Å². The lowest BCUT2D eigenvalue weighted by atomic mass is 10.1. The Balaban J connectivity index is 1.15. The largest absolute Gasteiger partial charge is 0.489 e. The number of rotatable bonds is 11. The lowest BCUT2D eigenvalue weighted by Gasteiger charge is -2.37. The number of carbonyl (C=O) groups is 2. The molecule has 0 unspecified atom stereocenters. The molecule has 5 rings (SSSR count). The summed E-state index contributed by atoms with van der Waals surface area (Å²) in [6.07, 6.45) is -0.439. The van der Waals surface area contributed by atoms with Gasteiger partial charge in [-0.15, -0.1) is 0 Å². The number of hydrogen-bond acceptors (Lipinski definition) is 9. The van der Waals surface area contributed by atoms with Gasteiger partial charge < -0.3 is 19.1 Å². The fourth-order valence-electron chi connectivity index (χ4n) is 5.19. The Hall–Kier alpha value is -4.52. The number of aryl methyl sites for hydroxylation is 1. The smallest absolute Gasteiger partial charge is 0.410 e. The van der Waals surface area contributed by atoms with E-state index in [1.807, 2.05) is 67.6 Å². The van der Waals surface area contributed by atoms with Crippen LogP contribution in [0.3, 0.4) is 0 Å². The van der Waals surface area contributed by atoms with Crippen LogP contribution in [0.15, 0.2) is 89.8 Å². The van der Waals surface area contributed by atoms with Crippen LogP contribution in [0.25, 0.3) is 10.9 Å². The molecule has 1 amide bonds. The average molecular weight is 633 g/mol. The number of sulfonamides is 1. The quantitative estimate of drug-likeness (QED) is 0.245. The van der Waals surface area contributed by atoms with Gasteiger partial charge in [-0.1, -0.05) is 48.5 Å². The second-order valence-corrected chi connectivity index (χ2v) is 12.4. The Kier molecular flexibility index (Phi) is 10.3. The highest BCUT2D eigenvalue weighted by Crippen LogP contribution is 2.22. The fourth-order valence-corrected chi connectivity index (χ4v) is 6.22. The maximum absolute atomic E-state index is 13.1. The number of methoxy groups -OCH3 is 1. The minimum absolute atomic E-state index is 0.0367. The molecular weight excluding hydrogens is 596 g/mol. The zero-order chi connectivity index (χ0) is 31.8. The highest BCUT2D eigenvalue weighted by atomic mass is 32.2. The molecule has 2 heterocycles. The second kappa shape index (κ2) is 14.5. The predicted octanol–water partition coefficient (Wildman–Crippen LogP) is 3.90. The first-order valence-electron chi connectivity index (χ1n) is 14.6. The van der Waals surface area contributed by atoms with E-state index < -0.39 is 28.1 Å². The van der Waals surface area contributed by atoms with Gasteiger partial charge in [0, 0.05) is 49.4 Å². The molecule has 0 saturated carbocycles. The molecule has 1 aromatic heterocycles. The highest BCUT2D eigenvalue weighted by Gasteiger charge is 2.32. The number of amides is 1. The van der Waals surface area contributed by atoms with Gasteiger partial charge in [-0.05, 0) is 48.9 Å². The number of pyridine rings is 1. The molecule has 1 saturated heterocycles. The van der Waals surface area contributed by atoms with Crippen LogP contribution in [-0.2, 0) is 37.5 Å². The number of para-hydroxylation sites is 1. The summed E-state index contributed by atoms with van der Waals surface area (Å²) >= 11 is 0. The van der Waals surface area contributed by atoms with Crippen molar-refractivity contribution in [2.75, 3.05) is 39.8 Å². The van der Waals surface area contributed by atoms with Gasteiger partial charge in [-0.3, -0.25) is 14.7 Å². The topological polar surface area (TPSA) is 127 Å². The molecule has 1 aliphatic rings. The summed E-state index contributed by atoms with van der Waals surface area (Å²) < 4.78 is 45.2. The summed E-state index contributed by atoms with van der Waals surface area (Å²) in [5, 5.41) is 0.996. The molecule has 1 atom stereocenters. The highest BCUT2D eigenvalue weighted by molar-refractivity contribution is 7.89. The van der Waals surface area contributed by atoms with E-state index in [2.05, 4.69) is 9.71 Å². The Morgan fingerprint density at radius 1 is 0.911 bits per heavy atom. The number of esters is 1. The molecule has 0 aliphatic carbocycles. The monoisotopic (exact) mass is 632 g/mol. The summed E-state index contributed by atoms with van der Waals surface area (Å²) in [4.78, 5) is 33.2. The number of fused-ring (bicyclic) bond motifs is 1. The van der Waals surface area contributed by atoms with Gasteiger partial charge in [0.15, 0.2) is 0 Å². The van der Waals surface area contributed by atoms with Crippen molar-refractivity contribution in [2.45, 2.75) is 31.1 Å². The van der Waals surface area contributed by atoms with Crippen LogP contribution in [0, 0.1) is 6.92 Å². The summed E-state index contributed by atoms with van der Waals surface area (Å²) in [7, 11) is -2.69. The second-order valence-electron chi connectivity index (χ2n) is 10.7. The number of benzene rings is 3. The zero-order valence-corrected chi connectivity index (χ0v) is 26.0. The van der Waals surface area contributed by atoms with Gasteiger partial charge in [0.05, 0.1) is 17.5 Å². The van der Waals surface area contributed by atoms with Crippen LogP contribution in [0.1, 0.15) is 16.8 Å². The van der Waals surface area contributed by atoms with E-state index in [0.29, 0.717) is 38.5 Å². The van der Waals surface area contributed by atoms with Gasteiger partial charge in [-0.2, -0.15) is 0 Å². The molecule has 236 valence electrons. The predicted molar refractivity (Wildman–Crippen MR) is 168 cm³/mol. The number of hydrogen-bond donors (Lipinski definition) is 1. The van der Waals surface area contributed by atoms with Gasteiger partial charge >= 0.3 is 12.1 Å². The molecule has 11 nitrogen and oxygen atoms in total. The molecule has 1 N–H and O–H groups in total. The van der Waals surface area contributed by atoms with Crippen LogP contribution in [-0.4, -0.2) is 81.1 Å². The third-order valence-electron chi connectivity index (χ3n) is 7.62. The van der Waals surface area contributed by atoms with Gasteiger partial charge in [0.25, 0.3) is 0 Å². The molecule has 45 heavy (non-hydrogen) atoms. The van der Waals surface area contributed by atoms with Gasteiger partial charge in [0.1, 0.15) is 25.0 Å². The number of ether oxygens (including phenoxy) is 3. The molecule has 1 fully saturated rings. The summed E-state index contributed by atoms with van der Waals surface area (Å²) in [6, 6.07) is 24.4. The van der Waals surface area contributed by atoms with E-state index >= 15 is 0 Å². The molecule has 0 bridgehead atoms. The normalized spacial score (nSPS) is 14.6. The minimum atomic E-state index is -3.94. The molecule has 3 aromatic carbocycles. The van der Waals surface area contributed by atoms with E-state index in [0.717, 1.165) is 27.7 Å². The lowest BCUT2D eigenvalue weighted by Crippen LogP contribution is -2.57. The van der Waals surface area contributed by atoms with Crippen molar-refractivity contribution in [1.82, 2.24) is 19.5 Å². The molecular formula is C33H36N4O7S. The summed E-state index contributed by atoms with van der Waals surface area (Å²) in [6.45, 7) is 3.54. The number of piperazine rings is 1. The Morgan fingerprint density at radius 2 is 1.60 bits per heavy atom. The van der Waals surface area contributed by atoms with E-state index in [-0.39, 0.29) is 18.0 Å². The van der Waals surface area contributed by atoms with Crippen molar-refractivity contribution in [3.8, 4) is 5.75 Å². The minimum Gasteiger partial charge on any atom is -0.489 e. The molecule has 12 heteroatoms. The number of nitrogens with one attached hydrogen (secondary N) is 1. The van der Waals surface area contributed by atoms with Crippen LogP contribution in [0.4, 0.5) is 4.79 Å². The standard InChI is InChI=1S/C33H36N4O7S/c1-24-20-26(29-10-6-7-11-30(29)35-24)23-43-27-12-14-28(15-13-27)45(40,41)34-21-31(32(38)42-2)36-16-18-37(19-17-36)33(39)44-22-25-8-4-3-5-9-25/h3-15,20,31,34H,16-19,21-23H2,1-2H3/t31-/m0/s1. The van der Waals surface area contributed by atoms with E-state index in [9.17, 15) is 18.0 Å². The first-order valence-corrected chi connectivity index (χ1v) is 16.1. The first-order chi connectivity index (χ1) is 21.7. The van der Waals surface area contributed by atoms with Crippen molar-refractivity contribution >= 4 is 33.0 Å². The van der Waals surface area contributed by atoms with E-state index in [1.165, 1.54) is 19.2 Å². The van der Waals surface area contributed by atoms with E-state index in [4.69, 9.17) is 14.2 Å². The summed E-state index contributed by atoms with van der Waals surface area (Å²) in [5.74, 6) is -0.0551. The Labute approximate surface area is 262 Å². The van der Waals surface area contributed by atoms with Crippen molar-refractivity contribution in [2.24, 2.45) is 0 Å². The SMILES string of the molecule is COC(=O)[C@H](CNS(=O)(=O)c1ccc(OCc2cc(C)nc3ccccc23)cc1)N1CCN(C(=O)OCc2ccccc2)CC1. The molecule has 1 aliphatic heterocycles. The maximum Gasteiger partial charge on any atom is 0.410 e. The molecule has 4 aromatic rings. The van der Waals surface area contributed by atoms with Crippen molar-refractivity contribution in [3.63, 3.8) is 0 Å². The van der Waals surface area contributed by atoms with Crippen LogP contribution in [0.5, 0.6) is 5.75 Å².